The molecular formula is C7H9OSc-. The summed E-state index contributed by atoms with van der Waals surface area (Å²) in [5, 5.41) is 7.00. The van der Waals surface area contributed by atoms with Crippen molar-refractivity contribution in [3.8, 4) is 0 Å². The van der Waals surface area contributed by atoms with Gasteiger partial charge in [-0.2, -0.15) is 36.4 Å². The van der Waals surface area contributed by atoms with E-state index in [0.29, 0.717) is 0 Å². The van der Waals surface area contributed by atoms with Crippen molar-refractivity contribution in [3.05, 3.63) is 36.4 Å². The minimum Gasteiger partial charge on any atom is -0.400 e. The van der Waals surface area contributed by atoms with Crippen molar-refractivity contribution in [2.24, 2.45) is 0 Å². The number of rotatable bonds is 0. The first-order valence-corrected chi connectivity index (χ1v) is 2.36. The van der Waals surface area contributed by atoms with Crippen LogP contribution in [0.1, 0.15) is 0 Å². The molecule has 0 fully saturated rings. The second-order valence-electron chi connectivity index (χ2n) is 1.08. The zero-order valence-electron chi connectivity index (χ0n) is 5.41. The molecule has 1 radical (unpaired) electrons. The summed E-state index contributed by atoms with van der Waals surface area (Å²) in [6.07, 6.45) is 0. The average molecular weight is 154 g/mol. The topological polar surface area (TPSA) is 20.2 Å². The van der Waals surface area contributed by atoms with Crippen LogP contribution >= 0.6 is 0 Å². The van der Waals surface area contributed by atoms with Gasteiger partial charge >= 0.3 is 0 Å². The van der Waals surface area contributed by atoms with Crippen LogP contribution in [-0.4, -0.2) is 12.2 Å². The van der Waals surface area contributed by atoms with Crippen LogP contribution in [0.15, 0.2) is 30.3 Å². The van der Waals surface area contributed by atoms with E-state index >= 15 is 0 Å². The van der Waals surface area contributed by atoms with Gasteiger partial charge in [-0.3, -0.25) is 0 Å². The van der Waals surface area contributed by atoms with Crippen molar-refractivity contribution >= 4 is 0 Å². The summed E-state index contributed by atoms with van der Waals surface area (Å²) in [5.41, 5.74) is 0. The molecule has 1 aromatic carbocycles. The Balaban J connectivity index is 0. The molecule has 1 rings (SSSR count). The Bertz CT molecular complexity index is 80.8. The number of aliphatic hydroxyl groups is 1. The monoisotopic (exact) mass is 154 g/mol. The molecule has 0 aliphatic rings. The molecule has 0 saturated carbocycles. The Hall–Kier alpha value is 0.0501. The number of aliphatic hydroxyl groups excluding tert-OH is 1. The van der Waals surface area contributed by atoms with Crippen molar-refractivity contribution in [1.82, 2.24) is 0 Å². The first kappa shape index (κ1) is 11.8. The smallest absolute Gasteiger partial charge is 0.0319 e. The van der Waals surface area contributed by atoms with Crippen molar-refractivity contribution in [3.63, 3.8) is 0 Å². The van der Waals surface area contributed by atoms with Gasteiger partial charge in [0, 0.05) is 33.0 Å². The third-order valence-corrected chi connectivity index (χ3v) is 0.607. The summed E-state index contributed by atoms with van der Waals surface area (Å²) in [7, 11) is 1.00. The summed E-state index contributed by atoms with van der Waals surface area (Å²) in [5.74, 6) is 0. The van der Waals surface area contributed by atoms with E-state index in [-0.39, 0.29) is 25.8 Å². The Labute approximate surface area is 74.5 Å². The Morgan fingerprint density at radius 3 is 1.56 bits per heavy atom. The molecule has 9 heavy (non-hydrogen) atoms. The SMILES string of the molecule is CO.[Sc].[c-]1ccccc1. The van der Waals surface area contributed by atoms with E-state index < -0.39 is 0 Å². The number of hydrogen-bond donors (Lipinski definition) is 1. The fourth-order valence-electron chi connectivity index (χ4n) is 0.342. The van der Waals surface area contributed by atoms with Gasteiger partial charge in [-0.25, -0.2) is 0 Å². The fraction of sp³-hybridized carbons (Fsp3) is 0.143. The molecule has 0 amide bonds. The first-order valence-electron chi connectivity index (χ1n) is 2.36. The van der Waals surface area contributed by atoms with Crippen LogP contribution in [0.25, 0.3) is 0 Å². The van der Waals surface area contributed by atoms with Crippen molar-refractivity contribution in [1.29, 1.82) is 0 Å². The van der Waals surface area contributed by atoms with Gasteiger partial charge in [0.25, 0.3) is 0 Å². The van der Waals surface area contributed by atoms with E-state index in [2.05, 4.69) is 6.07 Å². The second-order valence-corrected chi connectivity index (χ2v) is 1.08. The van der Waals surface area contributed by atoms with E-state index in [9.17, 15) is 0 Å². The van der Waals surface area contributed by atoms with E-state index in [1.54, 1.807) is 0 Å². The van der Waals surface area contributed by atoms with Crippen LogP contribution in [0.4, 0.5) is 0 Å². The first-order chi connectivity index (χ1) is 4.00. The van der Waals surface area contributed by atoms with E-state index in [1.165, 1.54) is 0 Å². The van der Waals surface area contributed by atoms with E-state index in [4.69, 9.17) is 5.11 Å². The standard InChI is InChI=1S/C6H5.CH4O.Sc/c1-2-4-6-5-3-1;1-2;/h1-5H;2H,1H3;/q-1;;. The van der Waals surface area contributed by atoms with Crippen LogP contribution in [-0.2, 0) is 25.8 Å². The molecule has 0 aliphatic heterocycles. The van der Waals surface area contributed by atoms with Gasteiger partial charge in [-0.1, -0.05) is 0 Å². The van der Waals surface area contributed by atoms with Gasteiger partial charge in [-0.05, 0) is 0 Å². The molecule has 0 spiro atoms. The molecule has 0 bridgehead atoms. The normalized spacial score (nSPS) is 6.00. The molecule has 1 aromatic rings. The number of hydrogen-bond acceptors (Lipinski definition) is 1. The predicted molar refractivity (Wildman–Crippen MR) is 33.4 cm³/mol. The number of benzene rings is 1. The molecule has 0 saturated heterocycles. The summed E-state index contributed by atoms with van der Waals surface area (Å²) < 4.78 is 0. The quantitative estimate of drug-likeness (QED) is 0.554. The Morgan fingerprint density at radius 2 is 1.44 bits per heavy atom. The largest absolute Gasteiger partial charge is 0.400 e. The Kier molecular flexibility index (Phi) is 14.3. The van der Waals surface area contributed by atoms with E-state index in [1.807, 2.05) is 30.3 Å². The molecule has 47 valence electrons. The van der Waals surface area contributed by atoms with Gasteiger partial charge in [-0.15, -0.1) is 0 Å². The summed E-state index contributed by atoms with van der Waals surface area (Å²) >= 11 is 0. The minimum absolute atomic E-state index is 0. The predicted octanol–water partition coefficient (Wildman–Crippen LogP) is 1.09. The molecular weight excluding hydrogens is 145 g/mol. The van der Waals surface area contributed by atoms with Crippen LogP contribution in [0.2, 0.25) is 0 Å². The fourth-order valence-corrected chi connectivity index (χ4v) is 0.342. The maximum Gasteiger partial charge on any atom is 0.0319 e. The second kappa shape index (κ2) is 10.9. The van der Waals surface area contributed by atoms with Gasteiger partial charge in [0.15, 0.2) is 0 Å². The van der Waals surface area contributed by atoms with Crippen molar-refractivity contribution in [2.45, 2.75) is 0 Å². The van der Waals surface area contributed by atoms with Gasteiger partial charge in [0.05, 0.1) is 0 Å². The zero-order valence-corrected chi connectivity index (χ0v) is 7.21. The molecule has 2 heteroatoms. The summed E-state index contributed by atoms with van der Waals surface area (Å²) in [6.45, 7) is 0. The van der Waals surface area contributed by atoms with E-state index in [0.717, 1.165) is 7.11 Å². The molecule has 0 heterocycles. The molecule has 0 aromatic heterocycles. The third-order valence-electron chi connectivity index (χ3n) is 0.607. The molecule has 1 nitrogen and oxygen atoms in total. The van der Waals surface area contributed by atoms with Gasteiger partial charge < -0.3 is 5.11 Å². The van der Waals surface area contributed by atoms with Crippen LogP contribution in [0.5, 0.6) is 0 Å². The molecule has 0 atom stereocenters. The minimum atomic E-state index is 0. The average Bonchev–Trinajstić information content (AvgIpc) is 1.96. The van der Waals surface area contributed by atoms with Crippen LogP contribution in [0, 0.1) is 6.07 Å². The van der Waals surface area contributed by atoms with Crippen LogP contribution < -0.4 is 0 Å². The maximum atomic E-state index is 7.00. The molecule has 1 N–H and O–H groups in total. The summed E-state index contributed by atoms with van der Waals surface area (Å²) in [4.78, 5) is 0. The van der Waals surface area contributed by atoms with Gasteiger partial charge in [0.2, 0.25) is 0 Å². The summed E-state index contributed by atoms with van der Waals surface area (Å²) in [6, 6.07) is 12.5. The third kappa shape index (κ3) is 8.05. The van der Waals surface area contributed by atoms with Crippen molar-refractivity contribution < 1.29 is 30.9 Å². The Morgan fingerprint density at radius 1 is 1.00 bits per heavy atom. The maximum absolute atomic E-state index is 7.00. The van der Waals surface area contributed by atoms with Crippen molar-refractivity contribution in [2.75, 3.05) is 7.11 Å². The van der Waals surface area contributed by atoms with Gasteiger partial charge in [0.1, 0.15) is 0 Å². The molecule has 0 unspecified atom stereocenters. The van der Waals surface area contributed by atoms with Crippen LogP contribution in [0.3, 0.4) is 0 Å². The zero-order chi connectivity index (χ0) is 6.24. The molecule has 0 aliphatic carbocycles.